The van der Waals surface area contributed by atoms with Crippen molar-refractivity contribution in [2.24, 2.45) is 34.5 Å². The van der Waals surface area contributed by atoms with Crippen molar-refractivity contribution in [1.29, 1.82) is 0 Å². The van der Waals surface area contributed by atoms with Gasteiger partial charge in [-0.2, -0.15) is 0 Å². The Morgan fingerprint density at radius 3 is 2.50 bits per heavy atom. The van der Waals surface area contributed by atoms with Gasteiger partial charge in [0, 0.05) is 0 Å². The lowest BCUT2D eigenvalue weighted by molar-refractivity contribution is -0.0511. The third-order valence-corrected chi connectivity index (χ3v) is 7.23. The molecule has 0 aliphatic heterocycles. The molecule has 0 aromatic rings. The molecule has 0 aromatic heterocycles. The second-order valence-electron chi connectivity index (χ2n) is 8.07. The van der Waals surface area contributed by atoms with Gasteiger partial charge < -0.3 is 9.47 Å². The highest BCUT2D eigenvalue weighted by molar-refractivity contribution is 5.59. The van der Waals surface area contributed by atoms with E-state index in [4.69, 9.17) is 9.47 Å². The fraction of sp³-hybridized carbons (Fsp3) is 0.941. The molecule has 6 atom stereocenters. The first kappa shape index (κ1) is 14.2. The average Bonchev–Trinajstić information content (AvgIpc) is 2.80. The van der Waals surface area contributed by atoms with Gasteiger partial charge in [0.25, 0.3) is 0 Å². The van der Waals surface area contributed by atoms with Crippen LogP contribution in [-0.2, 0) is 9.47 Å². The van der Waals surface area contributed by atoms with Crippen LogP contribution >= 0.6 is 0 Å². The summed E-state index contributed by atoms with van der Waals surface area (Å²) in [7, 11) is 1.40. The molecule has 3 fully saturated rings. The first-order chi connectivity index (χ1) is 9.33. The predicted molar refractivity (Wildman–Crippen MR) is 77.3 cm³/mol. The monoisotopic (exact) mass is 280 g/mol. The highest BCUT2D eigenvalue weighted by atomic mass is 16.7. The van der Waals surface area contributed by atoms with E-state index < -0.39 is 6.16 Å². The maximum absolute atomic E-state index is 11.5. The minimum atomic E-state index is -0.514. The standard InChI is InChI=1S/C17H28O3/c1-10-6-7-14-16(3,4)12-8-17(10,14)9-13(11(12)2)20-15(18)19-5/h10-14H,6-9H2,1-5H3/t10-,11+,12+,13+,14+,17-/m1/s1. The Morgan fingerprint density at radius 2 is 1.85 bits per heavy atom. The number of hydrogen-bond donors (Lipinski definition) is 0. The molecule has 3 aliphatic carbocycles. The number of carbonyl (C=O) groups is 1. The van der Waals surface area contributed by atoms with Crippen LogP contribution in [0.3, 0.4) is 0 Å². The van der Waals surface area contributed by atoms with Crippen LogP contribution in [0.1, 0.15) is 53.4 Å². The summed E-state index contributed by atoms with van der Waals surface area (Å²) < 4.78 is 10.3. The molecule has 0 heterocycles. The molecule has 0 radical (unpaired) electrons. The number of methoxy groups -OCH3 is 1. The molecule has 114 valence electrons. The normalized spacial score (nSPS) is 48.8. The summed E-state index contributed by atoms with van der Waals surface area (Å²) in [6, 6.07) is 0. The van der Waals surface area contributed by atoms with Crippen molar-refractivity contribution >= 4 is 6.16 Å². The van der Waals surface area contributed by atoms with Crippen molar-refractivity contribution in [2.75, 3.05) is 7.11 Å². The van der Waals surface area contributed by atoms with E-state index in [1.54, 1.807) is 0 Å². The molecule has 3 nitrogen and oxygen atoms in total. The number of rotatable bonds is 1. The van der Waals surface area contributed by atoms with Crippen molar-refractivity contribution in [3.05, 3.63) is 0 Å². The summed E-state index contributed by atoms with van der Waals surface area (Å²) in [5, 5.41) is 0. The summed E-state index contributed by atoms with van der Waals surface area (Å²) in [6.07, 6.45) is 4.57. The van der Waals surface area contributed by atoms with Gasteiger partial charge in [0.05, 0.1) is 7.11 Å². The summed E-state index contributed by atoms with van der Waals surface area (Å²) in [4.78, 5) is 11.5. The first-order valence-corrected chi connectivity index (χ1v) is 8.07. The van der Waals surface area contributed by atoms with E-state index in [0.717, 1.165) is 18.3 Å². The van der Waals surface area contributed by atoms with Crippen LogP contribution in [0, 0.1) is 34.5 Å². The molecule has 3 aliphatic rings. The molecule has 20 heavy (non-hydrogen) atoms. The minimum Gasteiger partial charge on any atom is -0.438 e. The molecule has 0 unspecified atom stereocenters. The SMILES string of the molecule is COC(=O)O[C@H]1C[C@@]23C[C@@H]([C@@H]1C)C(C)(C)[C@@H]2CC[C@H]3C. The van der Waals surface area contributed by atoms with Gasteiger partial charge >= 0.3 is 6.16 Å². The maximum Gasteiger partial charge on any atom is 0.508 e. The molecule has 0 amide bonds. The predicted octanol–water partition coefficient (Wildman–Crippen LogP) is 4.26. The van der Waals surface area contributed by atoms with E-state index in [0.29, 0.717) is 22.7 Å². The van der Waals surface area contributed by atoms with Gasteiger partial charge in [-0.05, 0) is 60.2 Å². The number of ether oxygens (including phenoxy) is 2. The third kappa shape index (κ3) is 1.67. The lowest BCUT2D eigenvalue weighted by Crippen LogP contribution is -2.42. The van der Waals surface area contributed by atoms with Crippen LogP contribution in [0.2, 0.25) is 0 Å². The van der Waals surface area contributed by atoms with Crippen molar-refractivity contribution in [3.8, 4) is 0 Å². The van der Waals surface area contributed by atoms with Crippen LogP contribution in [0.25, 0.3) is 0 Å². The van der Waals surface area contributed by atoms with Crippen molar-refractivity contribution < 1.29 is 14.3 Å². The van der Waals surface area contributed by atoms with Gasteiger partial charge in [0.2, 0.25) is 0 Å². The molecular weight excluding hydrogens is 252 g/mol. The molecular formula is C17H28O3. The third-order valence-electron chi connectivity index (χ3n) is 7.23. The lowest BCUT2D eigenvalue weighted by Gasteiger charge is -2.43. The minimum absolute atomic E-state index is 0.0334. The van der Waals surface area contributed by atoms with E-state index in [2.05, 4.69) is 27.7 Å². The van der Waals surface area contributed by atoms with Crippen LogP contribution in [0.15, 0.2) is 0 Å². The molecule has 3 saturated carbocycles. The Balaban J connectivity index is 1.92. The largest absolute Gasteiger partial charge is 0.508 e. The van der Waals surface area contributed by atoms with Gasteiger partial charge in [-0.15, -0.1) is 0 Å². The molecule has 2 bridgehead atoms. The summed E-state index contributed by atoms with van der Waals surface area (Å²) >= 11 is 0. The van der Waals surface area contributed by atoms with Gasteiger partial charge in [0.1, 0.15) is 6.10 Å². The molecule has 3 heteroatoms. The lowest BCUT2D eigenvalue weighted by atomic mass is 9.64. The van der Waals surface area contributed by atoms with Gasteiger partial charge in [-0.1, -0.05) is 27.7 Å². The van der Waals surface area contributed by atoms with Crippen molar-refractivity contribution in [3.63, 3.8) is 0 Å². The van der Waals surface area contributed by atoms with E-state index in [-0.39, 0.29) is 6.10 Å². The molecule has 0 saturated heterocycles. The molecule has 0 aromatic carbocycles. The van der Waals surface area contributed by atoms with Crippen LogP contribution in [-0.4, -0.2) is 19.4 Å². The highest BCUT2D eigenvalue weighted by Crippen LogP contribution is 2.72. The van der Waals surface area contributed by atoms with Crippen molar-refractivity contribution in [1.82, 2.24) is 0 Å². The van der Waals surface area contributed by atoms with Crippen LogP contribution < -0.4 is 0 Å². The van der Waals surface area contributed by atoms with Gasteiger partial charge in [-0.3, -0.25) is 0 Å². The zero-order chi connectivity index (χ0) is 14.7. The van der Waals surface area contributed by atoms with E-state index in [9.17, 15) is 4.79 Å². The Morgan fingerprint density at radius 1 is 1.15 bits per heavy atom. The highest BCUT2D eigenvalue weighted by Gasteiger charge is 2.67. The zero-order valence-corrected chi connectivity index (χ0v) is 13.4. The zero-order valence-electron chi connectivity index (χ0n) is 13.4. The second-order valence-corrected chi connectivity index (χ2v) is 8.07. The van der Waals surface area contributed by atoms with E-state index in [1.165, 1.54) is 26.4 Å². The molecule has 0 N–H and O–H groups in total. The first-order valence-electron chi connectivity index (χ1n) is 8.07. The number of hydrogen-bond acceptors (Lipinski definition) is 3. The van der Waals surface area contributed by atoms with Gasteiger partial charge in [0.15, 0.2) is 0 Å². The maximum atomic E-state index is 11.5. The quantitative estimate of drug-likeness (QED) is 0.673. The summed E-state index contributed by atoms with van der Waals surface area (Å²) in [5.41, 5.74) is 0.776. The van der Waals surface area contributed by atoms with E-state index >= 15 is 0 Å². The number of carbonyl (C=O) groups excluding carboxylic acids is 1. The Kier molecular flexibility index (Phi) is 3.11. The van der Waals surface area contributed by atoms with E-state index in [1.807, 2.05) is 0 Å². The fourth-order valence-electron chi connectivity index (χ4n) is 6.15. The molecule has 3 rings (SSSR count). The van der Waals surface area contributed by atoms with Crippen LogP contribution in [0.5, 0.6) is 0 Å². The average molecular weight is 280 g/mol. The topological polar surface area (TPSA) is 35.5 Å². The van der Waals surface area contributed by atoms with Gasteiger partial charge in [-0.25, -0.2) is 4.79 Å². The number of fused-ring (bicyclic) bond motifs is 1. The summed E-state index contributed by atoms with van der Waals surface area (Å²) in [5.74, 6) is 2.66. The second kappa shape index (κ2) is 4.38. The van der Waals surface area contributed by atoms with Crippen LogP contribution in [0.4, 0.5) is 4.79 Å². The Labute approximate surface area is 122 Å². The fourth-order valence-corrected chi connectivity index (χ4v) is 6.15. The Hall–Kier alpha value is -0.730. The Bertz CT molecular complexity index is 416. The van der Waals surface area contributed by atoms with Crippen molar-refractivity contribution in [2.45, 2.75) is 59.5 Å². The smallest absolute Gasteiger partial charge is 0.438 e. The summed E-state index contributed by atoms with van der Waals surface area (Å²) in [6.45, 7) is 9.56. The molecule has 1 spiro atoms.